The van der Waals surface area contributed by atoms with E-state index in [2.05, 4.69) is 25.2 Å². The Morgan fingerprint density at radius 1 is 0.939 bits per heavy atom. The second kappa shape index (κ2) is 6.88. The molecule has 0 radical (unpaired) electrons. The molecule has 8 aliphatic rings. The molecule has 0 saturated heterocycles. The van der Waals surface area contributed by atoms with Gasteiger partial charge < -0.3 is 10.1 Å². The molecule has 2 unspecified atom stereocenters. The van der Waals surface area contributed by atoms with Crippen LogP contribution >= 0.6 is 0 Å². The van der Waals surface area contributed by atoms with Gasteiger partial charge in [0.1, 0.15) is 6.10 Å². The number of nitrogens with one attached hydrogen (secondary N) is 1. The van der Waals surface area contributed by atoms with Crippen molar-refractivity contribution in [2.75, 3.05) is 0 Å². The average Bonchev–Trinajstić information content (AvgIpc) is 3.10. The number of carbonyl (C=O) groups is 2. The van der Waals surface area contributed by atoms with Gasteiger partial charge in [-0.15, -0.1) is 0 Å². The highest BCUT2D eigenvalue weighted by molar-refractivity contribution is 5.83. The Hall–Kier alpha value is -1.32. The van der Waals surface area contributed by atoms with Gasteiger partial charge in [0.15, 0.2) is 0 Å². The maximum Gasteiger partial charge on any atom is 0.330 e. The molecule has 1 heterocycles. The van der Waals surface area contributed by atoms with Crippen LogP contribution in [0.3, 0.4) is 0 Å². The lowest BCUT2D eigenvalue weighted by atomic mass is 9.48. The Morgan fingerprint density at radius 3 is 2.33 bits per heavy atom. The van der Waals surface area contributed by atoms with Crippen LogP contribution in [0.25, 0.3) is 0 Å². The molecule has 4 bridgehead atoms. The Kier molecular flexibility index (Phi) is 4.38. The predicted octanol–water partition coefficient (Wildman–Crippen LogP) is 5.41. The topological polar surface area (TPSA) is 55.4 Å². The first-order valence-corrected chi connectivity index (χ1v) is 14.0. The second-order valence-corrected chi connectivity index (χ2v) is 13.9. The summed E-state index contributed by atoms with van der Waals surface area (Å²) in [6.07, 6.45) is 18.6. The van der Waals surface area contributed by atoms with E-state index in [0.29, 0.717) is 23.7 Å². The summed E-state index contributed by atoms with van der Waals surface area (Å²) in [5.74, 6) is 4.87. The van der Waals surface area contributed by atoms with Gasteiger partial charge >= 0.3 is 5.97 Å². The van der Waals surface area contributed by atoms with E-state index in [-0.39, 0.29) is 34.4 Å². The molecular weight excluding hydrogens is 410 g/mol. The van der Waals surface area contributed by atoms with Crippen molar-refractivity contribution in [2.24, 2.45) is 52.3 Å². The number of hydrogen-bond donors (Lipinski definition) is 1. The first-order valence-electron chi connectivity index (χ1n) is 14.0. The lowest BCUT2D eigenvalue weighted by Crippen LogP contribution is -2.61. The van der Waals surface area contributed by atoms with Crippen LogP contribution in [-0.4, -0.2) is 23.5 Å². The lowest BCUT2D eigenvalue weighted by Gasteiger charge is -2.59. The van der Waals surface area contributed by atoms with Crippen LogP contribution in [0.5, 0.6) is 0 Å². The van der Waals surface area contributed by atoms with E-state index in [1.807, 2.05) is 0 Å². The highest BCUT2D eigenvalue weighted by Crippen LogP contribution is 2.65. The van der Waals surface area contributed by atoms with Gasteiger partial charge in [-0.3, -0.25) is 4.79 Å². The van der Waals surface area contributed by atoms with E-state index in [4.69, 9.17) is 4.74 Å². The molecule has 0 aromatic rings. The van der Waals surface area contributed by atoms with E-state index < -0.39 is 0 Å². The molecule has 0 spiro atoms. The Balaban J connectivity index is 1.11. The van der Waals surface area contributed by atoms with Crippen molar-refractivity contribution in [1.29, 1.82) is 0 Å². The van der Waals surface area contributed by atoms with E-state index >= 15 is 0 Å². The number of carbonyl (C=O) groups excluding carboxylic acids is 2. The molecule has 1 N–H and O–H groups in total. The van der Waals surface area contributed by atoms with Crippen molar-refractivity contribution in [3.05, 3.63) is 12.2 Å². The molecule has 180 valence electrons. The van der Waals surface area contributed by atoms with Crippen molar-refractivity contribution in [3.8, 4) is 0 Å². The molecular formula is C29H41NO3. The summed E-state index contributed by atoms with van der Waals surface area (Å²) in [6.45, 7) is 4.78. The molecule has 7 atom stereocenters. The zero-order valence-corrected chi connectivity index (χ0v) is 20.5. The number of fused-ring (bicyclic) bond motifs is 5. The zero-order chi connectivity index (χ0) is 22.6. The number of hydrogen-bond acceptors (Lipinski definition) is 3. The molecule has 8 rings (SSSR count). The maximum absolute atomic E-state index is 13.9. The van der Waals surface area contributed by atoms with Crippen LogP contribution in [0.15, 0.2) is 12.2 Å². The van der Waals surface area contributed by atoms with Gasteiger partial charge in [0.2, 0.25) is 5.91 Å². The highest BCUT2D eigenvalue weighted by atomic mass is 16.5. The summed E-state index contributed by atoms with van der Waals surface area (Å²) >= 11 is 0. The van der Waals surface area contributed by atoms with E-state index in [1.165, 1.54) is 44.9 Å². The first-order chi connectivity index (χ1) is 15.8. The van der Waals surface area contributed by atoms with E-state index in [1.54, 1.807) is 6.08 Å². The molecule has 0 aromatic carbocycles. The minimum absolute atomic E-state index is 0.0301. The maximum atomic E-state index is 13.9. The fourth-order valence-electron chi connectivity index (χ4n) is 11.2. The van der Waals surface area contributed by atoms with Crippen LogP contribution in [0.1, 0.15) is 90.9 Å². The Bertz CT molecular complexity index is 873. The van der Waals surface area contributed by atoms with Crippen molar-refractivity contribution in [3.63, 3.8) is 0 Å². The summed E-state index contributed by atoms with van der Waals surface area (Å²) in [6, 6.07) is 0. The molecule has 7 aliphatic carbocycles. The highest BCUT2D eigenvalue weighted by Gasteiger charge is 2.62. The quantitative estimate of drug-likeness (QED) is 0.571. The fraction of sp³-hybridized carbons (Fsp3) is 0.862. The fourth-order valence-corrected chi connectivity index (χ4v) is 11.2. The molecule has 1 aliphatic heterocycles. The summed E-state index contributed by atoms with van der Waals surface area (Å²) in [5, 5.41) is 3.75. The molecule has 4 nitrogen and oxygen atoms in total. The summed E-state index contributed by atoms with van der Waals surface area (Å²) < 4.78 is 5.78. The Morgan fingerprint density at radius 2 is 1.64 bits per heavy atom. The van der Waals surface area contributed by atoms with Gasteiger partial charge in [0.25, 0.3) is 0 Å². The number of amides is 1. The van der Waals surface area contributed by atoms with Crippen molar-refractivity contribution in [1.82, 2.24) is 5.32 Å². The monoisotopic (exact) mass is 451 g/mol. The standard InChI is InChI=1S/C29H41NO3/c1-27-9-7-22-20(3-6-24-28(22,2)10-8-25(31)33-24)21(27)4-5-23(27)26(32)30-29-14-17-11-18(15-29)13-19(12-17)16-29/h8,10,17-24H,3-7,9,11-16H2,1-2H3,(H,30,32)/t17?,18?,19?,20-,21-,22+,23?,24?,27-,28+,29?/m0/s1. The van der Waals surface area contributed by atoms with Gasteiger partial charge in [0, 0.05) is 22.9 Å². The number of rotatable bonds is 2. The lowest BCUT2D eigenvalue weighted by molar-refractivity contribution is -0.168. The molecule has 7 fully saturated rings. The normalized spacial score (nSPS) is 56.0. The SMILES string of the molecule is C[C@]12C=CC(=O)OC1CC[C@@H]1[C@H]2CC[C@]2(C)C(C(=O)NC34CC5CC(CC(C5)C3)C4)CC[C@@H]12. The van der Waals surface area contributed by atoms with Crippen LogP contribution in [-0.2, 0) is 14.3 Å². The average molecular weight is 452 g/mol. The van der Waals surface area contributed by atoms with Crippen LogP contribution in [0.4, 0.5) is 0 Å². The third-order valence-corrected chi connectivity index (χ3v) is 12.3. The van der Waals surface area contributed by atoms with Crippen LogP contribution in [0, 0.1) is 52.3 Å². The minimum atomic E-state index is -0.168. The zero-order valence-electron chi connectivity index (χ0n) is 20.5. The van der Waals surface area contributed by atoms with Gasteiger partial charge in [-0.25, -0.2) is 4.79 Å². The third-order valence-electron chi connectivity index (χ3n) is 12.3. The predicted molar refractivity (Wildman–Crippen MR) is 126 cm³/mol. The number of ether oxygens (including phenoxy) is 1. The van der Waals surface area contributed by atoms with Crippen molar-refractivity contribution >= 4 is 11.9 Å². The molecule has 0 aromatic heterocycles. The molecule has 4 heteroatoms. The Labute approximate surface area is 198 Å². The second-order valence-electron chi connectivity index (χ2n) is 13.9. The van der Waals surface area contributed by atoms with Crippen LogP contribution < -0.4 is 5.32 Å². The van der Waals surface area contributed by atoms with Gasteiger partial charge in [-0.2, -0.15) is 0 Å². The van der Waals surface area contributed by atoms with Crippen LogP contribution in [0.2, 0.25) is 0 Å². The molecule has 33 heavy (non-hydrogen) atoms. The third kappa shape index (κ3) is 2.94. The van der Waals surface area contributed by atoms with Crippen molar-refractivity contribution in [2.45, 2.75) is 103 Å². The van der Waals surface area contributed by atoms with E-state index in [9.17, 15) is 9.59 Å². The van der Waals surface area contributed by atoms with Gasteiger partial charge in [-0.05, 0) is 118 Å². The summed E-state index contributed by atoms with van der Waals surface area (Å²) in [4.78, 5) is 25.8. The molecule has 1 amide bonds. The largest absolute Gasteiger partial charge is 0.458 e. The van der Waals surface area contributed by atoms with Crippen molar-refractivity contribution < 1.29 is 14.3 Å². The summed E-state index contributed by atoms with van der Waals surface area (Å²) in [5.41, 5.74) is 0.225. The van der Waals surface area contributed by atoms with Gasteiger partial charge in [-0.1, -0.05) is 19.9 Å². The first kappa shape index (κ1) is 21.0. The molecule has 7 saturated carbocycles. The summed E-state index contributed by atoms with van der Waals surface area (Å²) in [7, 11) is 0. The smallest absolute Gasteiger partial charge is 0.330 e. The minimum Gasteiger partial charge on any atom is -0.458 e. The number of esters is 1. The van der Waals surface area contributed by atoms with Gasteiger partial charge in [0.05, 0.1) is 0 Å². The van der Waals surface area contributed by atoms with E-state index in [0.717, 1.165) is 49.9 Å².